The summed E-state index contributed by atoms with van der Waals surface area (Å²) in [7, 11) is 0. The average Bonchev–Trinajstić information content (AvgIpc) is 3.22. The van der Waals surface area contributed by atoms with Crippen LogP contribution in [0.15, 0.2) is 24.5 Å². The van der Waals surface area contributed by atoms with Crippen LogP contribution in [0.2, 0.25) is 0 Å². The Balaban J connectivity index is 2.27. The fraction of sp³-hybridized carbons (Fsp3) is 0.333. The molecule has 1 heterocycles. The molecule has 0 radical (unpaired) electrons. The maximum absolute atomic E-state index is 11.2. The van der Waals surface area contributed by atoms with Gasteiger partial charge in [0, 0.05) is 17.8 Å². The first-order valence-corrected chi connectivity index (χ1v) is 6.48. The third-order valence-corrected chi connectivity index (χ3v) is 3.43. The molecule has 0 unspecified atom stereocenters. The Bertz CT molecular complexity index is 647. The first-order chi connectivity index (χ1) is 9.20. The predicted molar refractivity (Wildman–Crippen MR) is 71.8 cm³/mol. The number of carbonyl (C=O) groups is 1. The van der Waals surface area contributed by atoms with E-state index in [0.29, 0.717) is 18.3 Å². The minimum absolute atomic E-state index is 0.268. The maximum atomic E-state index is 11.2. The lowest BCUT2D eigenvalue weighted by molar-refractivity contribution is 0.0696. The van der Waals surface area contributed by atoms with Crippen LogP contribution in [0.3, 0.4) is 0 Å². The molecule has 1 N–H and O–H groups in total. The summed E-state index contributed by atoms with van der Waals surface area (Å²) in [6.07, 6.45) is 5.91. The summed E-state index contributed by atoms with van der Waals surface area (Å²) in [5.74, 6) is 0.198. The fourth-order valence-corrected chi connectivity index (χ4v) is 2.38. The zero-order chi connectivity index (χ0) is 13.4. The molecule has 1 aromatic carbocycles. The van der Waals surface area contributed by atoms with Gasteiger partial charge >= 0.3 is 5.97 Å². The summed E-state index contributed by atoms with van der Waals surface area (Å²) in [6, 6.07) is 3.31. The number of pyridine rings is 1. The molecule has 0 amide bonds. The lowest BCUT2D eigenvalue weighted by Gasteiger charge is -2.11. The number of benzene rings is 1. The van der Waals surface area contributed by atoms with Crippen LogP contribution in [-0.4, -0.2) is 22.7 Å². The molecule has 3 rings (SSSR count). The zero-order valence-electron chi connectivity index (χ0n) is 10.7. The van der Waals surface area contributed by atoms with E-state index >= 15 is 0 Å². The van der Waals surface area contributed by atoms with Crippen LogP contribution < -0.4 is 4.74 Å². The molecule has 98 valence electrons. The monoisotopic (exact) mass is 257 g/mol. The quantitative estimate of drug-likeness (QED) is 0.913. The third-order valence-electron chi connectivity index (χ3n) is 3.43. The molecule has 1 aromatic heterocycles. The summed E-state index contributed by atoms with van der Waals surface area (Å²) >= 11 is 0. The van der Waals surface area contributed by atoms with E-state index in [1.807, 2.05) is 13.1 Å². The first kappa shape index (κ1) is 12.0. The Morgan fingerprint density at radius 3 is 2.79 bits per heavy atom. The van der Waals surface area contributed by atoms with Crippen LogP contribution in [0.5, 0.6) is 5.75 Å². The minimum atomic E-state index is -0.929. The van der Waals surface area contributed by atoms with Crippen LogP contribution >= 0.6 is 0 Å². The molecule has 0 aliphatic heterocycles. The highest BCUT2D eigenvalue weighted by Crippen LogP contribution is 2.44. The summed E-state index contributed by atoms with van der Waals surface area (Å²) in [6.45, 7) is 2.39. The van der Waals surface area contributed by atoms with Crippen LogP contribution in [0.4, 0.5) is 0 Å². The molecule has 19 heavy (non-hydrogen) atoms. The van der Waals surface area contributed by atoms with Crippen molar-refractivity contribution in [3.8, 4) is 5.75 Å². The molecule has 0 bridgehead atoms. The second kappa shape index (κ2) is 4.53. The number of rotatable bonds is 4. The normalized spacial score (nSPS) is 14.6. The van der Waals surface area contributed by atoms with Crippen LogP contribution in [-0.2, 0) is 0 Å². The van der Waals surface area contributed by atoms with Crippen molar-refractivity contribution in [1.29, 1.82) is 0 Å². The number of aromatic carboxylic acids is 1. The minimum Gasteiger partial charge on any atom is -0.493 e. The van der Waals surface area contributed by atoms with Gasteiger partial charge in [-0.15, -0.1) is 0 Å². The topological polar surface area (TPSA) is 59.4 Å². The van der Waals surface area contributed by atoms with Gasteiger partial charge in [-0.1, -0.05) is 0 Å². The van der Waals surface area contributed by atoms with Gasteiger partial charge in [0.1, 0.15) is 5.75 Å². The van der Waals surface area contributed by atoms with Gasteiger partial charge in [0.05, 0.1) is 12.2 Å². The summed E-state index contributed by atoms with van der Waals surface area (Å²) in [5.41, 5.74) is 1.41. The molecule has 0 saturated heterocycles. The zero-order valence-corrected chi connectivity index (χ0v) is 10.7. The lowest BCUT2D eigenvalue weighted by Crippen LogP contribution is -2.01. The van der Waals surface area contributed by atoms with Gasteiger partial charge in [0.15, 0.2) is 0 Å². The highest BCUT2D eigenvalue weighted by molar-refractivity contribution is 5.98. The van der Waals surface area contributed by atoms with E-state index in [4.69, 9.17) is 4.74 Å². The summed E-state index contributed by atoms with van der Waals surface area (Å²) in [4.78, 5) is 15.5. The molecule has 0 spiro atoms. The standard InChI is InChI=1S/C15H15NO3/c1-2-19-14-6-10(15(17)18)5-11-12(9-3-4-9)7-16-8-13(11)14/h5-9H,2-4H2,1H3,(H,17,18). The number of nitrogens with zero attached hydrogens (tertiary/aromatic N) is 1. The Labute approximate surface area is 111 Å². The van der Waals surface area contributed by atoms with Crippen molar-refractivity contribution in [3.63, 3.8) is 0 Å². The summed E-state index contributed by atoms with van der Waals surface area (Å²) < 4.78 is 5.56. The molecule has 1 aliphatic rings. The van der Waals surface area contributed by atoms with E-state index in [-0.39, 0.29) is 5.56 Å². The number of fused-ring (bicyclic) bond motifs is 1. The van der Waals surface area contributed by atoms with Crippen LogP contribution in [0.25, 0.3) is 10.8 Å². The molecule has 2 aromatic rings. The van der Waals surface area contributed by atoms with E-state index in [1.165, 1.54) is 0 Å². The molecule has 4 heteroatoms. The molecule has 1 aliphatic carbocycles. The Kier molecular flexibility index (Phi) is 2.85. The molecule has 4 nitrogen and oxygen atoms in total. The van der Waals surface area contributed by atoms with Crippen molar-refractivity contribution in [2.24, 2.45) is 0 Å². The van der Waals surface area contributed by atoms with Gasteiger partial charge in [-0.05, 0) is 48.8 Å². The largest absolute Gasteiger partial charge is 0.493 e. The Hall–Kier alpha value is -2.10. The maximum Gasteiger partial charge on any atom is 0.335 e. The second-order valence-electron chi connectivity index (χ2n) is 4.81. The molecular weight excluding hydrogens is 242 g/mol. The molecule has 1 saturated carbocycles. The lowest BCUT2D eigenvalue weighted by atomic mass is 10.0. The van der Waals surface area contributed by atoms with E-state index in [0.717, 1.165) is 29.2 Å². The third kappa shape index (κ3) is 2.14. The van der Waals surface area contributed by atoms with Gasteiger partial charge in [-0.3, -0.25) is 4.98 Å². The van der Waals surface area contributed by atoms with Crippen molar-refractivity contribution in [2.75, 3.05) is 6.61 Å². The average molecular weight is 257 g/mol. The van der Waals surface area contributed by atoms with Crippen molar-refractivity contribution in [2.45, 2.75) is 25.7 Å². The smallest absolute Gasteiger partial charge is 0.335 e. The van der Waals surface area contributed by atoms with Crippen LogP contribution in [0, 0.1) is 0 Å². The number of hydrogen-bond donors (Lipinski definition) is 1. The predicted octanol–water partition coefficient (Wildman–Crippen LogP) is 3.21. The number of hydrogen-bond acceptors (Lipinski definition) is 3. The first-order valence-electron chi connectivity index (χ1n) is 6.48. The van der Waals surface area contributed by atoms with Gasteiger partial charge in [-0.25, -0.2) is 4.79 Å². The van der Waals surface area contributed by atoms with Gasteiger partial charge in [0.25, 0.3) is 0 Å². The number of carboxylic acids is 1. The van der Waals surface area contributed by atoms with Crippen LogP contribution in [0.1, 0.15) is 41.6 Å². The Morgan fingerprint density at radius 2 is 2.16 bits per heavy atom. The second-order valence-corrected chi connectivity index (χ2v) is 4.81. The number of aromatic nitrogens is 1. The fourth-order valence-electron chi connectivity index (χ4n) is 2.38. The van der Waals surface area contributed by atoms with Gasteiger partial charge in [0.2, 0.25) is 0 Å². The van der Waals surface area contributed by atoms with Crippen molar-refractivity contribution < 1.29 is 14.6 Å². The van der Waals surface area contributed by atoms with Crippen molar-refractivity contribution >= 4 is 16.7 Å². The van der Waals surface area contributed by atoms with Gasteiger partial charge < -0.3 is 9.84 Å². The number of carboxylic acid groups (broad SMARTS) is 1. The van der Waals surface area contributed by atoms with Crippen molar-refractivity contribution in [3.05, 3.63) is 35.7 Å². The van der Waals surface area contributed by atoms with E-state index < -0.39 is 5.97 Å². The van der Waals surface area contributed by atoms with E-state index in [2.05, 4.69) is 4.98 Å². The Morgan fingerprint density at radius 1 is 1.37 bits per heavy atom. The highest BCUT2D eigenvalue weighted by atomic mass is 16.5. The molecule has 0 atom stereocenters. The SMILES string of the molecule is CCOc1cc(C(=O)O)cc2c(C3CC3)cncc12. The molecule has 1 fully saturated rings. The van der Waals surface area contributed by atoms with E-state index in [9.17, 15) is 9.90 Å². The highest BCUT2D eigenvalue weighted by Gasteiger charge is 2.26. The van der Waals surface area contributed by atoms with Crippen molar-refractivity contribution in [1.82, 2.24) is 4.98 Å². The van der Waals surface area contributed by atoms with Gasteiger partial charge in [-0.2, -0.15) is 0 Å². The molecular formula is C15H15NO3. The van der Waals surface area contributed by atoms with E-state index in [1.54, 1.807) is 18.3 Å². The summed E-state index contributed by atoms with van der Waals surface area (Å²) in [5, 5.41) is 11.1. The number of ether oxygens (including phenoxy) is 1.